The van der Waals surface area contributed by atoms with Crippen molar-refractivity contribution in [1.29, 1.82) is 0 Å². The first-order chi connectivity index (χ1) is 6.33. The van der Waals surface area contributed by atoms with Gasteiger partial charge in [-0.25, -0.2) is 0 Å². The highest BCUT2D eigenvalue weighted by Gasteiger charge is 2.23. The minimum absolute atomic E-state index is 0.229. The maximum Gasteiger partial charge on any atom is 0.167 e. The number of carbonyl (C=O) groups excluding carboxylic acids is 1. The van der Waals surface area contributed by atoms with Crippen LogP contribution in [0.5, 0.6) is 0 Å². The molecule has 1 aromatic rings. The Labute approximate surface area is 76.8 Å². The lowest BCUT2D eigenvalue weighted by Gasteiger charge is -2.02. The van der Waals surface area contributed by atoms with Crippen molar-refractivity contribution in [3.8, 4) is 0 Å². The van der Waals surface area contributed by atoms with E-state index in [1.165, 1.54) is 0 Å². The maximum atomic E-state index is 11.5. The van der Waals surface area contributed by atoms with Crippen LogP contribution < -0.4 is 5.32 Å². The molecular formula is C10H12N2O. The summed E-state index contributed by atoms with van der Waals surface area (Å²) in [5.41, 5.74) is 2.80. The quantitative estimate of drug-likeness (QED) is 0.713. The number of nitrogens with one attached hydrogen (secondary N) is 2. The molecule has 2 N–H and O–H groups in total. The van der Waals surface area contributed by atoms with Gasteiger partial charge in [-0.05, 0) is 18.6 Å². The second-order valence-corrected chi connectivity index (χ2v) is 3.11. The van der Waals surface area contributed by atoms with Gasteiger partial charge in [-0.1, -0.05) is 0 Å². The van der Waals surface area contributed by atoms with E-state index in [9.17, 15) is 4.79 Å². The highest BCUT2D eigenvalue weighted by molar-refractivity contribution is 6.23. The number of hydrogen-bond acceptors (Lipinski definition) is 2. The summed E-state index contributed by atoms with van der Waals surface area (Å²) in [4.78, 5) is 14.6. The molecule has 0 saturated heterocycles. The van der Waals surface area contributed by atoms with Crippen molar-refractivity contribution in [2.24, 2.45) is 0 Å². The molecule has 3 nitrogen and oxygen atoms in total. The van der Waals surface area contributed by atoms with Gasteiger partial charge in [0.25, 0.3) is 0 Å². The smallest absolute Gasteiger partial charge is 0.167 e. The third kappa shape index (κ3) is 1.26. The lowest BCUT2D eigenvalue weighted by Crippen LogP contribution is -2.06. The zero-order chi connectivity index (χ0) is 9.26. The molecule has 1 aromatic heterocycles. The van der Waals surface area contributed by atoms with E-state index in [1.54, 1.807) is 0 Å². The summed E-state index contributed by atoms with van der Waals surface area (Å²) in [7, 11) is 1.86. The fourth-order valence-corrected chi connectivity index (χ4v) is 1.71. The van der Waals surface area contributed by atoms with Crippen LogP contribution in [0.3, 0.4) is 0 Å². The largest absolute Gasteiger partial charge is 0.391 e. The van der Waals surface area contributed by atoms with Gasteiger partial charge >= 0.3 is 0 Å². The van der Waals surface area contributed by atoms with E-state index < -0.39 is 0 Å². The van der Waals surface area contributed by atoms with Gasteiger partial charge in [0.15, 0.2) is 5.78 Å². The van der Waals surface area contributed by atoms with Crippen LogP contribution in [0, 0.1) is 0 Å². The molecule has 0 amide bonds. The number of aromatic nitrogens is 1. The van der Waals surface area contributed by atoms with Crippen LogP contribution in [-0.2, 0) is 4.79 Å². The SMILES string of the molecule is CNC1=C(c2ccc[nH]2)C(=O)CC1. The Balaban J connectivity index is 2.45. The lowest BCUT2D eigenvalue weighted by atomic mass is 10.1. The molecule has 0 fully saturated rings. The van der Waals surface area contributed by atoms with Gasteiger partial charge in [0.05, 0.1) is 11.3 Å². The summed E-state index contributed by atoms with van der Waals surface area (Å²) in [5, 5.41) is 3.07. The topological polar surface area (TPSA) is 44.9 Å². The minimum atomic E-state index is 0.229. The number of Topliss-reactive ketones (excluding diaryl/α,β-unsaturated/α-hetero) is 1. The predicted molar refractivity (Wildman–Crippen MR) is 51.0 cm³/mol. The highest BCUT2D eigenvalue weighted by Crippen LogP contribution is 2.27. The molecule has 0 radical (unpaired) electrons. The number of rotatable bonds is 2. The Kier molecular flexibility index (Phi) is 1.93. The Morgan fingerprint density at radius 3 is 2.92 bits per heavy atom. The summed E-state index contributed by atoms with van der Waals surface area (Å²) in [5.74, 6) is 0.229. The Hall–Kier alpha value is -1.51. The minimum Gasteiger partial charge on any atom is -0.391 e. The van der Waals surface area contributed by atoms with E-state index in [-0.39, 0.29) is 5.78 Å². The van der Waals surface area contributed by atoms with Crippen LogP contribution in [0.15, 0.2) is 24.0 Å². The standard InChI is InChI=1S/C10H12N2O/c1-11-7-4-5-9(13)10(7)8-3-2-6-12-8/h2-3,6,11-12H,4-5H2,1H3. The van der Waals surface area contributed by atoms with E-state index in [0.29, 0.717) is 6.42 Å². The van der Waals surface area contributed by atoms with Crippen LogP contribution in [-0.4, -0.2) is 17.8 Å². The maximum absolute atomic E-state index is 11.5. The summed E-state index contributed by atoms with van der Waals surface area (Å²) < 4.78 is 0. The molecule has 0 unspecified atom stereocenters. The zero-order valence-corrected chi connectivity index (χ0v) is 7.55. The molecule has 0 atom stereocenters. The van der Waals surface area contributed by atoms with Crippen LogP contribution in [0.2, 0.25) is 0 Å². The second kappa shape index (κ2) is 3.09. The Bertz CT molecular complexity index is 349. The molecule has 0 spiro atoms. The van der Waals surface area contributed by atoms with E-state index in [4.69, 9.17) is 0 Å². The van der Waals surface area contributed by atoms with Crippen molar-refractivity contribution in [3.63, 3.8) is 0 Å². The summed E-state index contributed by atoms with van der Waals surface area (Å²) in [6.45, 7) is 0. The van der Waals surface area contributed by atoms with Gasteiger partial charge in [0.2, 0.25) is 0 Å². The average molecular weight is 176 g/mol. The molecule has 1 aliphatic carbocycles. The van der Waals surface area contributed by atoms with E-state index in [0.717, 1.165) is 23.4 Å². The summed E-state index contributed by atoms with van der Waals surface area (Å²) >= 11 is 0. The normalized spacial score (nSPS) is 16.8. The van der Waals surface area contributed by atoms with Crippen LogP contribution in [0.4, 0.5) is 0 Å². The van der Waals surface area contributed by atoms with Crippen molar-refractivity contribution in [3.05, 3.63) is 29.7 Å². The van der Waals surface area contributed by atoms with Gasteiger partial charge < -0.3 is 10.3 Å². The molecule has 1 aliphatic rings. The van der Waals surface area contributed by atoms with Gasteiger partial charge in [-0.3, -0.25) is 4.79 Å². The first-order valence-corrected chi connectivity index (χ1v) is 4.41. The fourth-order valence-electron chi connectivity index (χ4n) is 1.71. The van der Waals surface area contributed by atoms with E-state index in [1.807, 2.05) is 25.4 Å². The molecule has 0 aliphatic heterocycles. The van der Waals surface area contributed by atoms with Crippen LogP contribution >= 0.6 is 0 Å². The molecule has 3 heteroatoms. The van der Waals surface area contributed by atoms with Crippen LogP contribution in [0.1, 0.15) is 18.5 Å². The van der Waals surface area contributed by atoms with Gasteiger partial charge in [-0.2, -0.15) is 0 Å². The molecule has 0 bridgehead atoms. The molecule has 68 valence electrons. The van der Waals surface area contributed by atoms with Crippen molar-refractivity contribution < 1.29 is 4.79 Å². The van der Waals surface area contributed by atoms with Crippen molar-refractivity contribution in [2.45, 2.75) is 12.8 Å². The summed E-state index contributed by atoms with van der Waals surface area (Å²) in [6.07, 6.45) is 3.30. The summed E-state index contributed by atoms with van der Waals surface area (Å²) in [6, 6.07) is 3.83. The molecule has 0 aromatic carbocycles. The molecule has 1 heterocycles. The number of carbonyl (C=O) groups is 1. The third-order valence-electron chi connectivity index (χ3n) is 2.35. The third-order valence-corrected chi connectivity index (χ3v) is 2.35. The van der Waals surface area contributed by atoms with Crippen molar-refractivity contribution in [1.82, 2.24) is 10.3 Å². The monoisotopic (exact) mass is 176 g/mol. The molecule has 2 rings (SSSR count). The second-order valence-electron chi connectivity index (χ2n) is 3.11. The van der Waals surface area contributed by atoms with Crippen LogP contribution in [0.25, 0.3) is 5.57 Å². The van der Waals surface area contributed by atoms with Crippen molar-refractivity contribution >= 4 is 11.4 Å². The Morgan fingerprint density at radius 1 is 1.46 bits per heavy atom. The van der Waals surface area contributed by atoms with E-state index >= 15 is 0 Å². The number of allylic oxidation sites excluding steroid dienone is 2. The molecular weight excluding hydrogens is 164 g/mol. The van der Waals surface area contributed by atoms with Crippen molar-refractivity contribution in [2.75, 3.05) is 7.05 Å². The Morgan fingerprint density at radius 2 is 2.31 bits per heavy atom. The molecule has 0 saturated carbocycles. The fraction of sp³-hybridized carbons (Fsp3) is 0.300. The predicted octanol–water partition coefficient (Wildman–Crippen LogP) is 1.31. The first kappa shape index (κ1) is 8.10. The number of hydrogen-bond donors (Lipinski definition) is 2. The van der Waals surface area contributed by atoms with Gasteiger partial charge in [-0.15, -0.1) is 0 Å². The number of aromatic amines is 1. The first-order valence-electron chi connectivity index (χ1n) is 4.41. The zero-order valence-electron chi connectivity index (χ0n) is 7.55. The van der Waals surface area contributed by atoms with Gasteiger partial charge in [0.1, 0.15) is 0 Å². The average Bonchev–Trinajstić information content (AvgIpc) is 2.72. The highest BCUT2D eigenvalue weighted by atomic mass is 16.1. The number of H-pyrrole nitrogens is 1. The lowest BCUT2D eigenvalue weighted by molar-refractivity contribution is -0.113. The molecule has 13 heavy (non-hydrogen) atoms. The van der Waals surface area contributed by atoms with E-state index in [2.05, 4.69) is 10.3 Å². The van der Waals surface area contributed by atoms with Gasteiger partial charge in [0, 0.05) is 25.4 Å². The number of ketones is 1.